The monoisotopic (exact) mass is 424 g/mol. The van der Waals surface area contributed by atoms with Crippen LogP contribution in [0.3, 0.4) is 0 Å². The standard InChI is InChI=1S/C16H22N4O2S.C2H2O4/c21-15-14-11-2-1-3-12(11)23-16(14)19-13(18-15)10-17-4-5-20-6-8-22-9-7-20;3-1(4)2(5)6/h17H,1-10H2,(H,18,19,21);(H,3,4)(H,5,6). The molecule has 1 aliphatic carbocycles. The average Bonchev–Trinajstić information content (AvgIpc) is 3.27. The fourth-order valence-electron chi connectivity index (χ4n) is 3.40. The minimum atomic E-state index is -1.82. The molecule has 1 saturated heterocycles. The van der Waals surface area contributed by atoms with Gasteiger partial charge in [-0.3, -0.25) is 9.69 Å². The van der Waals surface area contributed by atoms with Gasteiger partial charge in [0.05, 0.1) is 25.1 Å². The van der Waals surface area contributed by atoms with Crippen molar-refractivity contribution < 1.29 is 24.5 Å². The fraction of sp³-hybridized carbons (Fsp3) is 0.556. The third-order valence-electron chi connectivity index (χ3n) is 4.81. The summed E-state index contributed by atoms with van der Waals surface area (Å²) in [6.45, 7) is 6.17. The Balaban J connectivity index is 0.000000353. The average molecular weight is 424 g/mol. The van der Waals surface area contributed by atoms with Gasteiger partial charge in [-0.2, -0.15) is 0 Å². The molecule has 0 amide bonds. The molecule has 1 aliphatic heterocycles. The number of hydrogen-bond donors (Lipinski definition) is 4. The number of carbonyl (C=O) groups is 2. The van der Waals surface area contributed by atoms with Crippen LogP contribution in [0.25, 0.3) is 10.2 Å². The molecule has 0 radical (unpaired) electrons. The van der Waals surface area contributed by atoms with Gasteiger partial charge in [0.1, 0.15) is 10.7 Å². The summed E-state index contributed by atoms with van der Waals surface area (Å²) in [6.07, 6.45) is 3.29. The Hall–Kier alpha value is -2.34. The summed E-state index contributed by atoms with van der Waals surface area (Å²) in [4.78, 5) is 42.8. The second kappa shape index (κ2) is 9.92. The highest BCUT2D eigenvalue weighted by Crippen LogP contribution is 2.34. The number of morpholine rings is 1. The summed E-state index contributed by atoms with van der Waals surface area (Å²) in [5.41, 5.74) is 1.27. The molecule has 4 rings (SSSR count). The summed E-state index contributed by atoms with van der Waals surface area (Å²) < 4.78 is 5.34. The van der Waals surface area contributed by atoms with Crippen molar-refractivity contribution in [3.05, 3.63) is 26.6 Å². The quantitative estimate of drug-likeness (QED) is 0.386. The number of nitrogens with one attached hydrogen (secondary N) is 2. The Kier molecular flexibility index (Phi) is 7.31. The summed E-state index contributed by atoms with van der Waals surface area (Å²) in [6, 6.07) is 0. The number of H-pyrrole nitrogens is 1. The van der Waals surface area contributed by atoms with Crippen LogP contribution in [0, 0.1) is 0 Å². The van der Waals surface area contributed by atoms with Crippen molar-refractivity contribution in [2.45, 2.75) is 25.8 Å². The number of carboxylic acid groups (broad SMARTS) is 2. The van der Waals surface area contributed by atoms with Crippen LogP contribution in [-0.2, 0) is 33.7 Å². The van der Waals surface area contributed by atoms with Crippen LogP contribution in [0.1, 0.15) is 22.7 Å². The van der Waals surface area contributed by atoms with E-state index in [2.05, 4.69) is 20.2 Å². The first-order chi connectivity index (χ1) is 14.0. The number of aryl methyl sites for hydroxylation is 2. The van der Waals surface area contributed by atoms with E-state index < -0.39 is 11.9 Å². The van der Waals surface area contributed by atoms with Crippen LogP contribution in [0.4, 0.5) is 0 Å². The molecule has 0 unspecified atom stereocenters. The van der Waals surface area contributed by atoms with Gasteiger partial charge in [0.2, 0.25) is 0 Å². The number of aliphatic carboxylic acids is 2. The van der Waals surface area contributed by atoms with E-state index in [1.54, 1.807) is 11.3 Å². The van der Waals surface area contributed by atoms with E-state index in [0.29, 0.717) is 6.54 Å². The zero-order valence-corrected chi connectivity index (χ0v) is 16.7. The second-order valence-electron chi connectivity index (χ2n) is 6.79. The van der Waals surface area contributed by atoms with Crippen molar-refractivity contribution in [3.8, 4) is 0 Å². The first-order valence-corrected chi connectivity index (χ1v) is 10.3. The van der Waals surface area contributed by atoms with Gasteiger partial charge in [-0.05, 0) is 24.8 Å². The Labute approximate surface area is 170 Å². The summed E-state index contributed by atoms with van der Waals surface area (Å²) in [5, 5.41) is 19.0. The van der Waals surface area contributed by atoms with Gasteiger partial charge in [0.25, 0.3) is 5.56 Å². The van der Waals surface area contributed by atoms with Crippen LogP contribution in [0.15, 0.2) is 4.79 Å². The smallest absolute Gasteiger partial charge is 0.414 e. The van der Waals surface area contributed by atoms with Crippen molar-refractivity contribution in [1.29, 1.82) is 0 Å². The lowest BCUT2D eigenvalue weighted by molar-refractivity contribution is -0.159. The van der Waals surface area contributed by atoms with Gasteiger partial charge >= 0.3 is 11.9 Å². The molecule has 1 fully saturated rings. The van der Waals surface area contributed by atoms with Crippen LogP contribution in [-0.4, -0.2) is 76.4 Å². The predicted octanol–water partition coefficient (Wildman–Crippen LogP) is 0.0507. The number of ether oxygens (including phenoxy) is 1. The Morgan fingerprint density at radius 2 is 1.93 bits per heavy atom. The predicted molar refractivity (Wildman–Crippen MR) is 107 cm³/mol. The number of hydrogen-bond acceptors (Lipinski definition) is 8. The van der Waals surface area contributed by atoms with Gasteiger partial charge in [0, 0.05) is 31.1 Å². The van der Waals surface area contributed by atoms with E-state index in [1.807, 2.05) is 0 Å². The Morgan fingerprint density at radius 1 is 1.21 bits per heavy atom. The molecule has 0 bridgehead atoms. The first-order valence-electron chi connectivity index (χ1n) is 9.46. The number of nitrogens with zero attached hydrogens (tertiary/aromatic N) is 2. The molecule has 2 aromatic rings. The van der Waals surface area contributed by atoms with Gasteiger partial charge in [-0.15, -0.1) is 11.3 Å². The Morgan fingerprint density at radius 3 is 2.62 bits per heavy atom. The molecule has 0 saturated carbocycles. The lowest BCUT2D eigenvalue weighted by atomic mass is 10.2. The lowest BCUT2D eigenvalue weighted by Gasteiger charge is -2.26. The number of rotatable bonds is 5. The molecule has 2 aromatic heterocycles. The zero-order chi connectivity index (χ0) is 20.8. The van der Waals surface area contributed by atoms with E-state index in [-0.39, 0.29) is 5.56 Å². The minimum absolute atomic E-state index is 0.0272. The molecular weight excluding hydrogens is 400 g/mol. The molecule has 0 atom stereocenters. The summed E-state index contributed by atoms with van der Waals surface area (Å²) in [7, 11) is 0. The van der Waals surface area contributed by atoms with Crippen LogP contribution < -0.4 is 10.9 Å². The zero-order valence-electron chi connectivity index (χ0n) is 15.9. The van der Waals surface area contributed by atoms with Crippen molar-refractivity contribution in [1.82, 2.24) is 20.2 Å². The highest BCUT2D eigenvalue weighted by molar-refractivity contribution is 7.18. The van der Waals surface area contributed by atoms with Crippen LogP contribution in [0.2, 0.25) is 0 Å². The molecule has 0 aromatic carbocycles. The van der Waals surface area contributed by atoms with Crippen LogP contribution >= 0.6 is 11.3 Å². The number of aromatic nitrogens is 2. The van der Waals surface area contributed by atoms with Crippen molar-refractivity contribution in [3.63, 3.8) is 0 Å². The molecule has 4 N–H and O–H groups in total. The van der Waals surface area contributed by atoms with Crippen molar-refractivity contribution >= 4 is 33.5 Å². The van der Waals surface area contributed by atoms with E-state index >= 15 is 0 Å². The number of thiophene rings is 1. The molecule has 2 aliphatic rings. The number of aromatic amines is 1. The second-order valence-corrected chi connectivity index (χ2v) is 7.87. The van der Waals surface area contributed by atoms with Gasteiger partial charge in [0.15, 0.2) is 0 Å². The van der Waals surface area contributed by atoms with Crippen molar-refractivity contribution in [2.24, 2.45) is 0 Å². The summed E-state index contributed by atoms with van der Waals surface area (Å²) >= 11 is 1.70. The van der Waals surface area contributed by atoms with Gasteiger partial charge in [-0.25, -0.2) is 14.6 Å². The third kappa shape index (κ3) is 5.60. The Bertz CT molecular complexity index is 922. The van der Waals surface area contributed by atoms with Gasteiger partial charge < -0.3 is 25.3 Å². The third-order valence-corrected chi connectivity index (χ3v) is 5.99. The van der Waals surface area contributed by atoms with Crippen molar-refractivity contribution in [2.75, 3.05) is 39.4 Å². The molecule has 158 valence electrons. The maximum absolute atomic E-state index is 12.4. The maximum atomic E-state index is 12.4. The topological polar surface area (TPSA) is 145 Å². The first kappa shape index (κ1) is 21.4. The molecule has 11 heteroatoms. The highest BCUT2D eigenvalue weighted by Gasteiger charge is 2.21. The minimum Gasteiger partial charge on any atom is -0.473 e. The molecule has 0 spiro atoms. The largest absolute Gasteiger partial charge is 0.473 e. The van der Waals surface area contributed by atoms with E-state index in [9.17, 15) is 4.79 Å². The normalized spacial score (nSPS) is 16.3. The van der Waals surface area contributed by atoms with E-state index in [4.69, 9.17) is 24.5 Å². The molecule has 29 heavy (non-hydrogen) atoms. The molecular formula is C18H24N4O6S. The lowest BCUT2D eigenvalue weighted by Crippen LogP contribution is -2.40. The SMILES string of the molecule is O=C(O)C(=O)O.O=c1[nH]c(CNCCN2CCOCC2)nc2sc3c(c12)CCC3. The van der Waals surface area contributed by atoms with Crippen LogP contribution in [0.5, 0.6) is 0 Å². The summed E-state index contributed by atoms with van der Waals surface area (Å²) in [5.74, 6) is -2.91. The number of carboxylic acids is 2. The van der Waals surface area contributed by atoms with Gasteiger partial charge in [-0.1, -0.05) is 0 Å². The molecule has 3 heterocycles. The van der Waals surface area contributed by atoms with E-state index in [0.717, 1.165) is 68.3 Å². The maximum Gasteiger partial charge on any atom is 0.414 e. The fourth-order valence-corrected chi connectivity index (χ4v) is 4.68. The van der Waals surface area contributed by atoms with E-state index in [1.165, 1.54) is 16.9 Å². The molecule has 10 nitrogen and oxygen atoms in total. The number of fused-ring (bicyclic) bond motifs is 3. The highest BCUT2D eigenvalue weighted by atomic mass is 32.1.